The zero-order valence-corrected chi connectivity index (χ0v) is 20.0. The normalized spacial score (nSPS) is 18.0. The van der Waals surface area contributed by atoms with E-state index >= 15 is 4.39 Å². The number of nitrogens with one attached hydrogen (secondary N) is 1. The zero-order valence-electron chi connectivity index (χ0n) is 19.3. The van der Waals surface area contributed by atoms with E-state index in [-0.39, 0.29) is 22.2 Å². The van der Waals surface area contributed by atoms with Gasteiger partial charge in [0.2, 0.25) is 0 Å². The number of fused-ring (bicyclic) bond motifs is 1. The molecule has 2 unspecified atom stereocenters. The SMILES string of the molecule is CC1C(F)=CC=C(c2cc3c(-c4cc(=O)n(C)cc4-c4ccccc4Cl)cn(C)c(=O)c3[nH]2)C1F. The van der Waals surface area contributed by atoms with Crippen LogP contribution in [0.3, 0.4) is 0 Å². The Morgan fingerprint density at radius 2 is 1.66 bits per heavy atom. The number of hydrogen-bond acceptors (Lipinski definition) is 2. The third-order valence-electron chi connectivity index (χ3n) is 6.55. The Morgan fingerprint density at radius 3 is 2.40 bits per heavy atom. The maximum atomic E-state index is 15.0. The molecule has 0 bridgehead atoms. The van der Waals surface area contributed by atoms with Crippen LogP contribution in [0.5, 0.6) is 0 Å². The smallest absolute Gasteiger partial charge is 0.274 e. The number of benzene rings is 1. The summed E-state index contributed by atoms with van der Waals surface area (Å²) in [6.07, 6.45) is 4.43. The number of pyridine rings is 2. The molecule has 1 aliphatic rings. The molecular weight excluding hydrogens is 472 g/mol. The van der Waals surface area contributed by atoms with Gasteiger partial charge in [-0.1, -0.05) is 42.8 Å². The van der Waals surface area contributed by atoms with Crippen molar-refractivity contribution >= 4 is 28.1 Å². The van der Waals surface area contributed by atoms with Crippen LogP contribution in [-0.2, 0) is 14.1 Å². The molecule has 0 radical (unpaired) electrons. The van der Waals surface area contributed by atoms with Gasteiger partial charge in [-0.3, -0.25) is 9.59 Å². The predicted molar refractivity (Wildman–Crippen MR) is 136 cm³/mol. The molecule has 0 saturated carbocycles. The van der Waals surface area contributed by atoms with Crippen LogP contribution in [0.25, 0.3) is 38.7 Å². The van der Waals surface area contributed by atoms with Gasteiger partial charge in [-0.15, -0.1) is 0 Å². The molecule has 0 saturated heterocycles. The van der Waals surface area contributed by atoms with Gasteiger partial charge in [-0.2, -0.15) is 0 Å². The molecular formula is C27H22ClF2N3O2. The van der Waals surface area contributed by atoms with Crippen molar-refractivity contribution < 1.29 is 8.78 Å². The summed E-state index contributed by atoms with van der Waals surface area (Å²) in [4.78, 5) is 28.7. The summed E-state index contributed by atoms with van der Waals surface area (Å²) in [5, 5.41) is 1.04. The van der Waals surface area contributed by atoms with Gasteiger partial charge >= 0.3 is 0 Å². The first-order valence-electron chi connectivity index (χ1n) is 11.1. The third kappa shape index (κ3) is 3.76. The van der Waals surface area contributed by atoms with Gasteiger partial charge in [0.25, 0.3) is 11.1 Å². The Bertz CT molecular complexity index is 1680. The Morgan fingerprint density at radius 1 is 0.943 bits per heavy atom. The lowest BCUT2D eigenvalue weighted by atomic mass is 9.90. The number of alkyl halides is 1. The fourth-order valence-corrected chi connectivity index (χ4v) is 4.75. The van der Waals surface area contributed by atoms with E-state index in [9.17, 15) is 14.0 Å². The summed E-state index contributed by atoms with van der Waals surface area (Å²) in [7, 11) is 3.27. The Balaban J connectivity index is 1.82. The van der Waals surface area contributed by atoms with Crippen molar-refractivity contribution in [2.75, 3.05) is 0 Å². The first kappa shape index (κ1) is 23.1. The van der Waals surface area contributed by atoms with Crippen LogP contribution in [0, 0.1) is 5.92 Å². The van der Waals surface area contributed by atoms with Gasteiger partial charge in [-0.05, 0) is 23.8 Å². The van der Waals surface area contributed by atoms with Crippen molar-refractivity contribution in [3.05, 3.63) is 98.2 Å². The van der Waals surface area contributed by atoms with Crippen LogP contribution in [0.15, 0.2) is 76.4 Å². The number of halogens is 3. The highest BCUT2D eigenvalue weighted by atomic mass is 35.5. The lowest BCUT2D eigenvalue weighted by Crippen LogP contribution is -2.19. The molecule has 3 aromatic heterocycles. The van der Waals surface area contributed by atoms with E-state index in [1.54, 1.807) is 38.6 Å². The quantitative estimate of drug-likeness (QED) is 0.393. The largest absolute Gasteiger partial charge is 0.350 e. The third-order valence-corrected chi connectivity index (χ3v) is 6.88. The Kier molecular flexibility index (Phi) is 5.60. The highest BCUT2D eigenvalue weighted by Crippen LogP contribution is 2.39. The minimum atomic E-state index is -1.57. The van der Waals surface area contributed by atoms with Crippen LogP contribution >= 0.6 is 11.6 Å². The van der Waals surface area contributed by atoms with Gasteiger partial charge in [-0.25, -0.2) is 8.78 Å². The fraction of sp³-hybridized carbons (Fsp3) is 0.185. The van der Waals surface area contributed by atoms with Crippen molar-refractivity contribution in [1.29, 1.82) is 0 Å². The zero-order chi connectivity index (χ0) is 25.0. The highest BCUT2D eigenvalue weighted by molar-refractivity contribution is 6.33. The molecule has 178 valence electrons. The Hall–Kier alpha value is -3.71. The molecule has 0 amide bonds. The van der Waals surface area contributed by atoms with E-state index in [2.05, 4.69) is 4.98 Å². The van der Waals surface area contributed by atoms with Crippen LogP contribution in [0.4, 0.5) is 8.78 Å². The number of aryl methyl sites for hydroxylation is 2. The van der Waals surface area contributed by atoms with Crippen LogP contribution in [-0.4, -0.2) is 20.3 Å². The summed E-state index contributed by atoms with van der Waals surface area (Å²) in [6, 6.07) is 10.5. The van der Waals surface area contributed by atoms with Crippen molar-refractivity contribution in [1.82, 2.24) is 14.1 Å². The molecule has 5 rings (SSSR count). The number of nitrogens with zero attached hydrogens (tertiary/aromatic N) is 2. The second kappa shape index (κ2) is 8.50. The van der Waals surface area contributed by atoms with E-state index in [0.717, 1.165) is 5.56 Å². The van der Waals surface area contributed by atoms with E-state index in [4.69, 9.17) is 11.6 Å². The number of allylic oxidation sites excluding steroid dienone is 4. The molecule has 2 atom stereocenters. The minimum Gasteiger partial charge on any atom is -0.350 e. The lowest BCUT2D eigenvalue weighted by molar-refractivity contribution is 0.301. The van der Waals surface area contributed by atoms with Gasteiger partial charge in [0.15, 0.2) is 0 Å². The molecule has 8 heteroatoms. The van der Waals surface area contributed by atoms with Crippen LogP contribution in [0.1, 0.15) is 12.6 Å². The summed E-state index contributed by atoms with van der Waals surface area (Å²) in [5.74, 6) is -1.45. The highest BCUT2D eigenvalue weighted by Gasteiger charge is 2.29. The fourth-order valence-electron chi connectivity index (χ4n) is 4.51. The molecule has 3 heterocycles. The van der Waals surface area contributed by atoms with E-state index in [0.29, 0.717) is 32.8 Å². The van der Waals surface area contributed by atoms with Crippen LogP contribution < -0.4 is 11.1 Å². The molecule has 0 spiro atoms. The van der Waals surface area contributed by atoms with Gasteiger partial charge in [0.05, 0.1) is 0 Å². The molecule has 1 aliphatic carbocycles. The number of aromatic amines is 1. The topological polar surface area (TPSA) is 59.8 Å². The van der Waals surface area contributed by atoms with E-state index < -0.39 is 17.9 Å². The second-order valence-corrected chi connectivity index (χ2v) is 9.23. The molecule has 4 aromatic rings. The van der Waals surface area contributed by atoms with Gasteiger partial charge in [0.1, 0.15) is 17.5 Å². The van der Waals surface area contributed by atoms with Crippen molar-refractivity contribution in [2.45, 2.75) is 13.1 Å². The first-order valence-corrected chi connectivity index (χ1v) is 11.4. The predicted octanol–water partition coefficient (Wildman–Crippen LogP) is 5.78. The molecule has 1 N–H and O–H groups in total. The number of aromatic nitrogens is 3. The second-order valence-electron chi connectivity index (χ2n) is 8.82. The summed E-state index contributed by atoms with van der Waals surface area (Å²) < 4.78 is 31.8. The monoisotopic (exact) mass is 493 g/mol. The Labute approximate surface area is 204 Å². The molecule has 5 nitrogen and oxygen atoms in total. The number of hydrogen-bond donors (Lipinski definition) is 1. The van der Waals surface area contributed by atoms with Crippen LogP contribution in [0.2, 0.25) is 5.02 Å². The molecule has 35 heavy (non-hydrogen) atoms. The van der Waals surface area contributed by atoms with Gasteiger partial charge < -0.3 is 14.1 Å². The van der Waals surface area contributed by atoms with E-state index in [1.165, 1.54) is 34.3 Å². The van der Waals surface area contributed by atoms with Crippen molar-refractivity contribution in [2.24, 2.45) is 20.0 Å². The number of rotatable bonds is 3. The summed E-state index contributed by atoms with van der Waals surface area (Å²) in [6.45, 7) is 1.48. The first-order chi connectivity index (χ1) is 16.7. The number of H-pyrrole nitrogens is 1. The lowest BCUT2D eigenvalue weighted by Gasteiger charge is -2.20. The molecule has 1 aromatic carbocycles. The standard InChI is InChI=1S/C27H22ClF2N3O2/c1-14-22(29)9-8-16(25(14)30)23-10-18-20(13-33(3)27(35)26(18)31-23)17-11-24(34)32(2)12-19(17)15-6-4-5-7-21(15)28/h4-14,25,31H,1-3H3. The van der Waals surface area contributed by atoms with Crippen molar-refractivity contribution in [3.8, 4) is 22.3 Å². The maximum Gasteiger partial charge on any atom is 0.274 e. The molecule has 0 fully saturated rings. The average Bonchev–Trinajstić information content (AvgIpc) is 3.27. The van der Waals surface area contributed by atoms with E-state index in [1.807, 2.05) is 18.2 Å². The minimum absolute atomic E-state index is 0.234. The summed E-state index contributed by atoms with van der Waals surface area (Å²) >= 11 is 6.50. The maximum absolute atomic E-state index is 15.0. The van der Waals surface area contributed by atoms with Crippen molar-refractivity contribution in [3.63, 3.8) is 0 Å². The summed E-state index contributed by atoms with van der Waals surface area (Å²) in [5.41, 5.74) is 3.00. The average molecular weight is 494 g/mol. The van der Waals surface area contributed by atoms with Gasteiger partial charge in [0, 0.05) is 76.8 Å². The molecule has 0 aliphatic heterocycles.